The first-order valence-electron chi connectivity index (χ1n) is 4.92. The van der Waals surface area contributed by atoms with Gasteiger partial charge in [-0.25, -0.2) is 4.79 Å². The average Bonchev–Trinajstić information content (AvgIpc) is 2.28. The molecule has 0 aliphatic carbocycles. The summed E-state index contributed by atoms with van der Waals surface area (Å²) in [6.07, 6.45) is -5.88. The number of carbonyl (C=O) groups is 1. The Hall–Kier alpha value is -1.48. The fourth-order valence-corrected chi connectivity index (χ4v) is 1.43. The molecule has 0 radical (unpaired) electrons. The molecule has 0 unspecified atom stereocenters. The maximum absolute atomic E-state index is 12.2. The van der Waals surface area contributed by atoms with Gasteiger partial charge in [0, 0.05) is 4.47 Å². The van der Waals surface area contributed by atoms with Crippen LogP contribution in [0.3, 0.4) is 0 Å². The number of alkyl halides is 3. The number of benzene rings is 1. The van der Waals surface area contributed by atoms with E-state index < -0.39 is 18.2 Å². The number of hydrogen-bond donors (Lipinski definition) is 2. The third kappa shape index (κ3) is 5.79. The number of ether oxygens (including phenoxy) is 2. The number of halogens is 4. The number of rotatable bonds is 4. The van der Waals surface area contributed by atoms with Crippen LogP contribution in [0.5, 0.6) is 5.75 Å². The second-order valence-corrected chi connectivity index (χ2v) is 4.09. The summed E-state index contributed by atoms with van der Waals surface area (Å²) in [7, 11) is 0. The molecule has 5 nitrogen and oxygen atoms in total. The molecule has 0 heterocycles. The second-order valence-electron chi connectivity index (χ2n) is 3.17. The van der Waals surface area contributed by atoms with E-state index in [1.54, 1.807) is 0 Å². The van der Waals surface area contributed by atoms with Gasteiger partial charge in [0.15, 0.2) is 5.75 Å². The summed E-state index contributed by atoms with van der Waals surface area (Å²) in [4.78, 5) is 11.2. The number of aliphatic hydroxyl groups is 1. The van der Waals surface area contributed by atoms with Gasteiger partial charge in [-0.3, -0.25) is 5.32 Å². The second kappa shape index (κ2) is 6.62. The van der Waals surface area contributed by atoms with Crippen molar-refractivity contribution >= 4 is 27.7 Å². The molecule has 2 N–H and O–H groups in total. The number of hydrogen-bond acceptors (Lipinski definition) is 4. The first-order chi connectivity index (χ1) is 8.81. The molecule has 0 aliphatic rings. The SMILES string of the molecule is O=C(Nc1ccc(Br)cc1OC(F)(F)F)OCCO. The molecule has 0 aromatic heterocycles. The minimum absolute atomic E-state index is 0.205. The van der Waals surface area contributed by atoms with Gasteiger partial charge in [0.2, 0.25) is 0 Å². The van der Waals surface area contributed by atoms with E-state index in [1.807, 2.05) is 0 Å². The van der Waals surface area contributed by atoms with Crippen molar-refractivity contribution in [3.8, 4) is 5.75 Å². The predicted octanol–water partition coefficient (Wildman–Crippen LogP) is 2.89. The van der Waals surface area contributed by atoms with E-state index in [9.17, 15) is 18.0 Å². The standard InChI is InChI=1S/C10H9BrF3NO4/c11-6-1-2-7(15-9(17)18-4-3-16)8(5-6)19-10(12,13)14/h1-2,5,16H,3-4H2,(H,15,17). The maximum Gasteiger partial charge on any atom is 0.573 e. The van der Waals surface area contributed by atoms with E-state index in [4.69, 9.17) is 5.11 Å². The number of nitrogens with one attached hydrogen (secondary N) is 1. The molecular formula is C10H9BrF3NO4. The molecule has 1 aromatic rings. The molecule has 0 spiro atoms. The number of anilines is 1. The molecule has 9 heteroatoms. The Kier molecular flexibility index (Phi) is 5.43. The van der Waals surface area contributed by atoms with Crippen LogP contribution >= 0.6 is 15.9 Å². The maximum atomic E-state index is 12.2. The van der Waals surface area contributed by atoms with Crippen LogP contribution in [0.4, 0.5) is 23.7 Å². The minimum atomic E-state index is -4.88. The molecule has 0 saturated heterocycles. The highest BCUT2D eigenvalue weighted by Gasteiger charge is 2.32. The number of carbonyl (C=O) groups excluding carboxylic acids is 1. The van der Waals surface area contributed by atoms with E-state index in [-0.39, 0.29) is 18.9 Å². The summed E-state index contributed by atoms with van der Waals surface area (Å²) in [6, 6.07) is 3.69. The van der Waals surface area contributed by atoms with Crippen molar-refractivity contribution < 1.29 is 32.5 Å². The summed E-state index contributed by atoms with van der Waals surface area (Å²) in [5, 5.41) is 10.5. The average molecular weight is 344 g/mol. The van der Waals surface area contributed by atoms with E-state index in [0.717, 1.165) is 6.07 Å². The zero-order valence-corrected chi connectivity index (χ0v) is 10.9. The van der Waals surface area contributed by atoms with Gasteiger partial charge in [-0.1, -0.05) is 15.9 Å². The summed E-state index contributed by atoms with van der Waals surface area (Å²) in [5.41, 5.74) is -0.205. The molecule has 19 heavy (non-hydrogen) atoms. The van der Waals surface area contributed by atoms with Gasteiger partial charge in [-0.15, -0.1) is 13.2 Å². The molecule has 1 amide bonds. The molecule has 1 aromatic carbocycles. The molecular weight excluding hydrogens is 335 g/mol. The van der Waals surface area contributed by atoms with E-state index in [1.165, 1.54) is 12.1 Å². The topological polar surface area (TPSA) is 67.8 Å². The van der Waals surface area contributed by atoms with Crippen LogP contribution in [-0.2, 0) is 4.74 Å². The number of aliphatic hydroxyl groups excluding tert-OH is 1. The van der Waals surface area contributed by atoms with Gasteiger partial charge < -0.3 is 14.6 Å². The smallest absolute Gasteiger partial charge is 0.447 e. The van der Waals surface area contributed by atoms with Crippen LogP contribution in [0.25, 0.3) is 0 Å². The number of amides is 1. The lowest BCUT2D eigenvalue weighted by atomic mass is 10.3. The Morgan fingerprint density at radius 1 is 1.42 bits per heavy atom. The normalized spacial score (nSPS) is 11.0. The Balaban J connectivity index is 2.84. The van der Waals surface area contributed by atoms with Gasteiger partial charge in [0.1, 0.15) is 6.61 Å². The lowest BCUT2D eigenvalue weighted by Gasteiger charge is -2.14. The quantitative estimate of drug-likeness (QED) is 0.882. The fourth-order valence-electron chi connectivity index (χ4n) is 1.09. The Labute approximate surface area is 114 Å². The Morgan fingerprint density at radius 2 is 2.11 bits per heavy atom. The van der Waals surface area contributed by atoms with Crippen molar-refractivity contribution in [2.24, 2.45) is 0 Å². The molecule has 0 saturated carbocycles. The van der Waals surface area contributed by atoms with E-state index >= 15 is 0 Å². The van der Waals surface area contributed by atoms with Crippen LogP contribution in [0, 0.1) is 0 Å². The summed E-state index contributed by atoms with van der Waals surface area (Å²) >= 11 is 2.99. The van der Waals surface area contributed by atoms with Gasteiger partial charge in [-0.05, 0) is 18.2 Å². The molecule has 0 atom stereocenters. The first-order valence-corrected chi connectivity index (χ1v) is 5.71. The molecule has 0 bridgehead atoms. The van der Waals surface area contributed by atoms with E-state index in [2.05, 4.69) is 30.7 Å². The lowest BCUT2D eigenvalue weighted by Crippen LogP contribution is -2.20. The van der Waals surface area contributed by atoms with Crippen molar-refractivity contribution in [3.05, 3.63) is 22.7 Å². The van der Waals surface area contributed by atoms with Crippen molar-refractivity contribution in [2.75, 3.05) is 18.5 Å². The van der Waals surface area contributed by atoms with Gasteiger partial charge >= 0.3 is 12.5 Å². The Morgan fingerprint density at radius 3 is 2.68 bits per heavy atom. The van der Waals surface area contributed by atoms with Crippen molar-refractivity contribution in [2.45, 2.75) is 6.36 Å². The predicted molar refractivity (Wildman–Crippen MR) is 62.9 cm³/mol. The third-order valence-corrected chi connectivity index (χ3v) is 2.22. The molecule has 0 aliphatic heterocycles. The highest BCUT2D eigenvalue weighted by Crippen LogP contribution is 2.32. The summed E-state index contributed by atoms with van der Waals surface area (Å²) in [5.74, 6) is -0.581. The molecule has 0 fully saturated rings. The summed E-state index contributed by atoms with van der Waals surface area (Å²) in [6.45, 7) is -0.655. The zero-order valence-electron chi connectivity index (χ0n) is 9.33. The fraction of sp³-hybridized carbons (Fsp3) is 0.300. The molecule has 106 valence electrons. The first kappa shape index (κ1) is 15.6. The third-order valence-electron chi connectivity index (χ3n) is 1.73. The minimum Gasteiger partial charge on any atom is -0.447 e. The molecule has 1 rings (SSSR count). The lowest BCUT2D eigenvalue weighted by molar-refractivity contribution is -0.274. The van der Waals surface area contributed by atoms with Gasteiger partial charge in [0.25, 0.3) is 0 Å². The van der Waals surface area contributed by atoms with Crippen molar-refractivity contribution in [1.82, 2.24) is 0 Å². The van der Waals surface area contributed by atoms with Crippen LogP contribution in [-0.4, -0.2) is 30.8 Å². The highest BCUT2D eigenvalue weighted by atomic mass is 79.9. The van der Waals surface area contributed by atoms with Crippen molar-refractivity contribution in [3.63, 3.8) is 0 Å². The monoisotopic (exact) mass is 343 g/mol. The summed E-state index contributed by atoms with van der Waals surface area (Å²) < 4.78 is 45.1. The van der Waals surface area contributed by atoms with Gasteiger partial charge in [0.05, 0.1) is 12.3 Å². The largest absolute Gasteiger partial charge is 0.573 e. The van der Waals surface area contributed by atoms with Crippen LogP contribution in [0.15, 0.2) is 22.7 Å². The van der Waals surface area contributed by atoms with Crippen LogP contribution in [0.1, 0.15) is 0 Å². The van der Waals surface area contributed by atoms with Crippen LogP contribution < -0.4 is 10.1 Å². The highest BCUT2D eigenvalue weighted by molar-refractivity contribution is 9.10. The van der Waals surface area contributed by atoms with E-state index in [0.29, 0.717) is 4.47 Å². The zero-order chi connectivity index (χ0) is 14.5. The van der Waals surface area contributed by atoms with Crippen LogP contribution in [0.2, 0.25) is 0 Å². The Bertz CT molecular complexity index is 453. The van der Waals surface area contributed by atoms with Crippen molar-refractivity contribution in [1.29, 1.82) is 0 Å². The van der Waals surface area contributed by atoms with Gasteiger partial charge in [-0.2, -0.15) is 0 Å².